The number of hydrogen-bond donors (Lipinski definition) is 0. The fourth-order valence-corrected chi connectivity index (χ4v) is 3.92. The summed E-state index contributed by atoms with van der Waals surface area (Å²) in [5, 5.41) is 4.55. The van der Waals surface area contributed by atoms with Crippen molar-refractivity contribution in [1.29, 1.82) is 0 Å². The molecule has 0 bridgehead atoms. The van der Waals surface area contributed by atoms with Crippen LogP contribution in [0.3, 0.4) is 0 Å². The highest BCUT2D eigenvalue weighted by molar-refractivity contribution is 5.93. The number of benzene rings is 1. The Balaban J connectivity index is 1.76. The lowest BCUT2D eigenvalue weighted by atomic mass is 10.1. The molecule has 5 nitrogen and oxygen atoms in total. The van der Waals surface area contributed by atoms with E-state index in [2.05, 4.69) is 17.0 Å². The Morgan fingerprint density at radius 1 is 1.21 bits per heavy atom. The summed E-state index contributed by atoms with van der Waals surface area (Å²) in [6, 6.07) is 10.4. The number of hydrogen-bond acceptors (Lipinski definition) is 3. The Hall–Kier alpha value is -2.76. The van der Waals surface area contributed by atoms with Gasteiger partial charge in [0.25, 0.3) is 5.91 Å². The van der Waals surface area contributed by atoms with Gasteiger partial charge in [-0.3, -0.25) is 4.79 Å². The third-order valence-corrected chi connectivity index (χ3v) is 5.55. The largest absolute Gasteiger partial charge is 0.335 e. The summed E-state index contributed by atoms with van der Waals surface area (Å²) in [6.45, 7) is 4.90. The molecule has 1 atom stereocenters. The molecule has 0 aliphatic carbocycles. The van der Waals surface area contributed by atoms with Gasteiger partial charge in [-0.05, 0) is 44.4 Å². The van der Waals surface area contributed by atoms with E-state index < -0.39 is 0 Å². The van der Waals surface area contributed by atoms with Crippen LogP contribution in [0, 0.1) is 5.82 Å². The number of carbonyl (C=O) groups excluding carboxylic acids is 1. The van der Waals surface area contributed by atoms with Gasteiger partial charge < -0.3 is 4.90 Å². The molecule has 0 spiro atoms. The lowest BCUT2D eigenvalue weighted by molar-refractivity contribution is 0.0692. The highest BCUT2D eigenvalue weighted by Crippen LogP contribution is 2.24. The van der Waals surface area contributed by atoms with Crippen molar-refractivity contribution in [2.24, 2.45) is 0 Å². The van der Waals surface area contributed by atoms with E-state index >= 15 is 0 Å². The van der Waals surface area contributed by atoms with Crippen LogP contribution in [0.4, 0.5) is 4.39 Å². The van der Waals surface area contributed by atoms with E-state index in [4.69, 9.17) is 0 Å². The molecule has 6 heteroatoms. The number of nitrogens with zero attached hydrogens (tertiary/aromatic N) is 4. The van der Waals surface area contributed by atoms with Crippen LogP contribution in [0.2, 0.25) is 0 Å². The zero-order chi connectivity index (χ0) is 19.7. The smallest absolute Gasteiger partial charge is 0.272 e. The molecule has 3 aromatic rings. The SMILES string of the molecule is CCc1cc(C(=O)N2CCCCCC2C)nc2cc(-c3ccccc3F)nn12. The monoisotopic (exact) mass is 380 g/mol. The first-order valence-electron chi connectivity index (χ1n) is 10.0. The minimum atomic E-state index is -0.321. The zero-order valence-electron chi connectivity index (χ0n) is 16.4. The third-order valence-electron chi connectivity index (χ3n) is 5.55. The summed E-state index contributed by atoms with van der Waals surface area (Å²) in [6.07, 6.45) is 5.08. The van der Waals surface area contributed by atoms with Crippen molar-refractivity contribution in [3.05, 3.63) is 53.6 Å². The highest BCUT2D eigenvalue weighted by Gasteiger charge is 2.25. The fourth-order valence-electron chi connectivity index (χ4n) is 3.92. The first kappa shape index (κ1) is 18.6. The van der Waals surface area contributed by atoms with Gasteiger partial charge in [0.2, 0.25) is 0 Å². The van der Waals surface area contributed by atoms with E-state index in [1.165, 1.54) is 6.07 Å². The fraction of sp³-hybridized carbons (Fsp3) is 0.409. The maximum atomic E-state index is 14.2. The summed E-state index contributed by atoms with van der Waals surface area (Å²) in [5.74, 6) is -0.348. The second-order valence-corrected chi connectivity index (χ2v) is 7.46. The maximum absolute atomic E-state index is 14.2. The number of aromatic nitrogens is 3. The Morgan fingerprint density at radius 2 is 2.04 bits per heavy atom. The number of halogens is 1. The molecule has 3 heterocycles. The summed E-state index contributed by atoms with van der Waals surface area (Å²) in [4.78, 5) is 19.7. The van der Waals surface area contributed by atoms with Gasteiger partial charge in [-0.2, -0.15) is 5.10 Å². The molecule has 1 saturated heterocycles. The molecular weight excluding hydrogens is 355 g/mol. The van der Waals surface area contributed by atoms with Crippen LogP contribution in [0.25, 0.3) is 16.9 Å². The van der Waals surface area contributed by atoms with Crippen LogP contribution >= 0.6 is 0 Å². The molecule has 28 heavy (non-hydrogen) atoms. The average Bonchev–Trinajstić information content (AvgIpc) is 3.01. The van der Waals surface area contributed by atoms with Crippen LogP contribution in [0.15, 0.2) is 36.4 Å². The Labute approximate surface area is 164 Å². The highest BCUT2D eigenvalue weighted by atomic mass is 19.1. The summed E-state index contributed by atoms with van der Waals surface area (Å²) in [5.41, 5.74) is 2.86. The molecule has 1 aromatic carbocycles. The minimum absolute atomic E-state index is 0.0276. The van der Waals surface area contributed by atoms with E-state index in [1.54, 1.807) is 28.8 Å². The number of aryl methyl sites for hydroxylation is 1. The van der Waals surface area contributed by atoms with Gasteiger partial charge in [0.1, 0.15) is 11.5 Å². The third kappa shape index (κ3) is 3.39. The zero-order valence-corrected chi connectivity index (χ0v) is 16.4. The lowest BCUT2D eigenvalue weighted by Crippen LogP contribution is -2.38. The van der Waals surface area contributed by atoms with Crippen LogP contribution in [-0.2, 0) is 6.42 Å². The average molecular weight is 380 g/mol. The predicted octanol–water partition coefficient (Wildman–Crippen LogP) is 4.50. The van der Waals surface area contributed by atoms with Crippen molar-refractivity contribution in [1.82, 2.24) is 19.5 Å². The molecule has 1 fully saturated rings. The van der Waals surface area contributed by atoms with Crippen molar-refractivity contribution in [3.8, 4) is 11.3 Å². The molecule has 1 aliphatic rings. The van der Waals surface area contributed by atoms with E-state index in [-0.39, 0.29) is 17.8 Å². The predicted molar refractivity (Wildman–Crippen MR) is 107 cm³/mol. The minimum Gasteiger partial charge on any atom is -0.335 e. The number of fused-ring (bicyclic) bond motifs is 1. The Bertz CT molecular complexity index is 1010. The van der Waals surface area contributed by atoms with Crippen molar-refractivity contribution < 1.29 is 9.18 Å². The molecule has 1 unspecified atom stereocenters. The van der Waals surface area contributed by atoms with Crippen LogP contribution < -0.4 is 0 Å². The number of likely N-dealkylation sites (tertiary alicyclic amines) is 1. The molecule has 0 N–H and O–H groups in total. The van der Waals surface area contributed by atoms with E-state index in [9.17, 15) is 9.18 Å². The van der Waals surface area contributed by atoms with Gasteiger partial charge in [-0.15, -0.1) is 0 Å². The first-order chi connectivity index (χ1) is 13.6. The van der Waals surface area contributed by atoms with Gasteiger partial charge in [-0.25, -0.2) is 13.9 Å². The molecule has 0 saturated carbocycles. The van der Waals surface area contributed by atoms with Gasteiger partial charge >= 0.3 is 0 Å². The van der Waals surface area contributed by atoms with Crippen LogP contribution in [0.5, 0.6) is 0 Å². The van der Waals surface area contributed by atoms with Crippen molar-refractivity contribution in [2.75, 3.05) is 6.54 Å². The van der Waals surface area contributed by atoms with Crippen LogP contribution in [0.1, 0.15) is 55.7 Å². The molecule has 2 aromatic heterocycles. The van der Waals surface area contributed by atoms with Crippen molar-refractivity contribution in [3.63, 3.8) is 0 Å². The standard InChI is InChI=1S/C22H25FN4O/c1-3-16-13-20(22(28)26-12-8-4-5-9-15(26)2)24-21-14-19(25-27(16)21)17-10-6-7-11-18(17)23/h6-7,10-11,13-15H,3-5,8-9,12H2,1-2H3. The second-order valence-electron chi connectivity index (χ2n) is 7.46. The van der Waals surface area contributed by atoms with E-state index in [1.807, 2.05) is 17.9 Å². The molecule has 146 valence electrons. The van der Waals surface area contributed by atoms with Gasteiger partial charge in [0.05, 0.1) is 5.69 Å². The quantitative estimate of drug-likeness (QED) is 0.672. The number of amides is 1. The topological polar surface area (TPSA) is 50.5 Å². The number of rotatable bonds is 3. The molecule has 1 amide bonds. The molecule has 0 radical (unpaired) electrons. The normalized spacial score (nSPS) is 17.7. The van der Waals surface area contributed by atoms with Gasteiger partial charge in [-0.1, -0.05) is 31.9 Å². The van der Waals surface area contributed by atoms with Crippen LogP contribution in [-0.4, -0.2) is 38.0 Å². The lowest BCUT2D eigenvalue weighted by Gasteiger charge is -2.27. The molecular formula is C22H25FN4O. The summed E-state index contributed by atoms with van der Waals surface area (Å²) < 4.78 is 15.9. The maximum Gasteiger partial charge on any atom is 0.272 e. The van der Waals surface area contributed by atoms with Gasteiger partial charge in [0.15, 0.2) is 5.65 Å². The molecule has 4 rings (SSSR count). The van der Waals surface area contributed by atoms with Crippen molar-refractivity contribution in [2.45, 2.75) is 52.0 Å². The van der Waals surface area contributed by atoms with E-state index in [0.29, 0.717) is 29.0 Å². The van der Waals surface area contributed by atoms with E-state index in [0.717, 1.165) is 37.9 Å². The Morgan fingerprint density at radius 3 is 2.82 bits per heavy atom. The second kappa shape index (κ2) is 7.70. The summed E-state index contributed by atoms with van der Waals surface area (Å²) >= 11 is 0. The first-order valence-corrected chi connectivity index (χ1v) is 10.0. The van der Waals surface area contributed by atoms with Gasteiger partial charge in [0, 0.05) is 29.9 Å². The van der Waals surface area contributed by atoms with Crippen molar-refractivity contribution >= 4 is 11.6 Å². The number of carbonyl (C=O) groups is 1. The molecule has 1 aliphatic heterocycles. The Kier molecular flexibility index (Phi) is 5.11. The summed E-state index contributed by atoms with van der Waals surface area (Å²) in [7, 11) is 0.